The number of ether oxygens (including phenoxy) is 1. The van der Waals surface area contributed by atoms with Crippen LogP contribution >= 0.6 is 11.3 Å². The van der Waals surface area contributed by atoms with Crippen LogP contribution in [0.3, 0.4) is 0 Å². The maximum Gasteiger partial charge on any atom is 0.150 e. The number of nitrogens with zero attached hydrogens (tertiary/aromatic N) is 2. The fourth-order valence-corrected chi connectivity index (χ4v) is 7.68. The number of para-hydroxylation sites is 1. The van der Waals surface area contributed by atoms with Crippen LogP contribution in [0.5, 0.6) is 0 Å². The molecular weight excluding hydrogens is 475 g/mol. The standard InChI is InChI=1S/C29H29FN2O3S/c1-16-5-2-3-6-21(16)25-22(27(35-32-25)17-9-10-17)15-34-20-13-18-11-12-19(14-20)29(18,33)28-31-26-23(30)7-4-8-24(26)36-28/h2-8,17-20,33H,9-15H2,1H3/t18-,19+,20-,29+. The van der Waals surface area contributed by atoms with E-state index in [1.807, 2.05) is 18.2 Å². The number of rotatable bonds is 6. The predicted molar refractivity (Wildman–Crippen MR) is 136 cm³/mol. The second-order valence-corrected chi connectivity index (χ2v) is 11.8. The molecule has 3 aliphatic rings. The number of fused-ring (bicyclic) bond motifs is 3. The highest BCUT2D eigenvalue weighted by atomic mass is 32.1. The highest BCUT2D eigenvalue weighted by molar-refractivity contribution is 7.18. The van der Waals surface area contributed by atoms with Gasteiger partial charge in [-0.25, -0.2) is 9.37 Å². The van der Waals surface area contributed by atoms with E-state index in [1.165, 1.54) is 23.0 Å². The lowest BCUT2D eigenvalue weighted by atomic mass is 9.73. The summed E-state index contributed by atoms with van der Waals surface area (Å²) < 4.78 is 27.5. The summed E-state index contributed by atoms with van der Waals surface area (Å²) in [6.45, 7) is 2.56. The van der Waals surface area contributed by atoms with Gasteiger partial charge < -0.3 is 14.4 Å². The van der Waals surface area contributed by atoms with Crippen LogP contribution in [0, 0.1) is 24.6 Å². The lowest BCUT2D eigenvalue weighted by Crippen LogP contribution is -2.44. The number of aromatic nitrogens is 2. The summed E-state index contributed by atoms with van der Waals surface area (Å²) in [5.74, 6) is 1.21. The van der Waals surface area contributed by atoms with E-state index in [2.05, 4.69) is 29.2 Å². The van der Waals surface area contributed by atoms with Crippen molar-refractivity contribution in [1.29, 1.82) is 0 Å². The van der Waals surface area contributed by atoms with E-state index in [-0.39, 0.29) is 23.8 Å². The molecule has 4 atom stereocenters. The molecule has 186 valence electrons. The van der Waals surface area contributed by atoms with Crippen LogP contribution in [0.15, 0.2) is 47.0 Å². The Morgan fingerprint density at radius 2 is 1.86 bits per heavy atom. The van der Waals surface area contributed by atoms with Gasteiger partial charge in [-0.3, -0.25) is 0 Å². The van der Waals surface area contributed by atoms with Crippen molar-refractivity contribution in [3.8, 4) is 11.3 Å². The number of halogens is 1. The number of hydrogen-bond donors (Lipinski definition) is 1. The molecule has 0 radical (unpaired) electrons. The molecule has 3 saturated carbocycles. The second-order valence-electron chi connectivity index (χ2n) is 10.8. The molecule has 0 spiro atoms. The summed E-state index contributed by atoms with van der Waals surface area (Å²) in [5.41, 5.74) is 3.59. The van der Waals surface area contributed by atoms with Crippen molar-refractivity contribution in [2.75, 3.05) is 0 Å². The molecule has 2 heterocycles. The van der Waals surface area contributed by atoms with E-state index in [0.29, 0.717) is 23.0 Å². The lowest BCUT2D eigenvalue weighted by molar-refractivity contribution is -0.116. The van der Waals surface area contributed by atoms with E-state index in [0.717, 1.165) is 65.8 Å². The van der Waals surface area contributed by atoms with Gasteiger partial charge in [0.2, 0.25) is 0 Å². The SMILES string of the molecule is Cc1ccccc1-c1noc(C2CC2)c1CO[C@@H]1C[C@H]2CC[C@@H](C1)[C@]2(O)c1nc2c(F)cccc2s1. The van der Waals surface area contributed by atoms with Gasteiger partial charge in [0.15, 0.2) is 0 Å². The first-order valence-corrected chi connectivity index (χ1v) is 13.8. The van der Waals surface area contributed by atoms with Gasteiger partial charge in [0, 0.05) is 17.0 Å². The molecule has 0 amide bonds. The Morgan fingerprint density at radius 3 is 2.58 bits per heavy atom. The molecule has 3 fully saturated rings. The third kappa shape index (κ3) is 3.55. The molecule has 36 heavy (non-hydrogen) atoms. The van der Waals surface area contributed by atoms with Crippen LogP contribution in [-0.4, -0.2) is 21.4 Å². The maximum atomic E-state index is 14.3. The Hall–Kier alpha value is -2.61. The first kappa shape index (κ1) is 22.6. The molecular formula is C29H29FN2O3S. The number of aliphatic hydroxyl groups is 1. The van der Waals surface area contributed by atoms with Crippen molar-refractivity contribution in [2.45, 2.75) is 69.7 Å². The van der Waals surface area contributed by atoms with Crippen molar-refractivity contribution in [3.63, 3.8) is 0 Å². The molecule has 5 nitrogen and oxygen atoms in total. The second kappa shape index (κ2) is 8.47. The molecule has 4 aromatic rings. The molecule has 2 bridgehead atoms. The van der Waals surface area contributed by atoms with Gasteiger partial charge in [0.05, 0.1) is 17.4 Å². The highest BCUT2D eigenvalue weighted by Gasteiger charge is 2.56. The largest absolute Gasteiger partial charge is 0.382 e. The number of benzene rings is 2. The first-order valence-electron chi connectivity index (χ1n) is 13.0. The minimum absolute atomic E-state index is 0.0561. The topological polar surface area (TPSA) is 68.4 Å². The predicted octanol–water partition coefficient (Wildman–Crippen LogP) is 6.87. The maximum absolute atomic E-state index is 14.3. The van der Waals surface area contributed by atoms with Crippen LogP contribution < -0.4 is 0 Å². The molecule has 1 N–H and O–H groups in total. The number of hydrogen-bond acceptors (Lipinski definition) is 6. The zero-order valence-corrected chi connectivity index (χ0v) is 21.1. The van der Waals surface area contributed by atoms with Gasteiger partial charge in [-0.1, -0.05) is 35.5 Å². The Labute approximate surface area is 213 Å². The highest BCUT2D eigenvalue weighted by Crippen LogP contribution is 2.57. The van der Waals surface area contributed by atoms with Crippen LogP contribution in [0.2, 0.25) is 0 Å². The van der Waals surface area contributed by atoms with Crippen LogP contribution in [0.4, 0.5) is 4.39 Å². The molecule has 0 saturated heterocycles. The molecule has 0 aliphatic heterocycles. The van der Waals surface area contributed by atoms with Gasteiger partial charge in [-0.05, 0) is 75.0 Å². The van der Waals surface area contributed by atoms with E-state index < -0.39 is 5.60 Å². The molecule has 2 aromatic heterocycles. The lowest BCUT2D eigenvalue weighted by Gasteiger charge is -2.41. The van der Waals surface area contributed by atoms with Crippen LogP contribution in [0.1, 0.15) is 66.3 Å². The normalized spacial score (nSPS) is 27.7. The molecule has 7 heteroatoms. The molecule has 2 aromatic carbocycles. The fraction of sp³-hybridized carbons (Fsp3) is 0.448. The fourth-order valence-electron chi connectivity index (χ4n) is 6.45. The minimum atomic E-state index is -1.00. The summed E-state index contributed by atoms with van der Waals surface area (Å²) in [6, 6.07) is 13.3. The van der Waals surface area contributed by atoms with Gasteiger partial charge in [-0.15, -0.1) is 11.3 Å². The summed E-state index contributed by atoms with van der Waals surface area (Å²) in [7, 11) is 0. The first-order chi connectivity index (χ1) is 17.5. The average molecular weight is 505 g/mol. The third-order valence-electron chi connectivity index (χ3n) is 8.55. The van der Waals surface area contributed by atoms with Crippen molar-refractivity contribution in [2.24, 2.45) is 11.8 Å². The van der Waals surface area contributed by atoms with E-state index in [1.54, 1.807) is 6.07 Å². The van der Waals surface area contributed by atoms with Crippen molar-refractivity contribution in [1.82, 2.24) is 10.1 Å². The molecule has 3 aliphatic carbocycles. The Bertz CT molecular complexity index is 1430. The summed E-state index contributed by atoms with van der Waals surface area (Å²) in [4.78, 5) is 4.58. The Morgan fingerprint density at radius 1 is 1.08 bits per heavy atom. The summed E-state index contributed by atoms with van der Waals surface area (Å²) >= 11 is 1.43. The molecule has 0 unspecified atom stereocenters. The Balaban J connectivity index is 1.13. The van der Waals surface area contributed by atoms with E-state index >= 15 is 0 Å². The van der Waals surface area contributed by atoms with Crippen molar-refractivity contribution in [3.05, 3.63) is 70.2 Å². The van der Waals surface area contributed by atoms with Gasteiger partial charge in [0.1, 0.15) is 33.4 Å². The Kier molecular flexibility index (Phi) is 5.31. The van der Waals surface area contributed by atoms with Crippen LogP contribution in [0.25, 0.3) is 21.5 Å². The molecule has 7 rings (SSSR count). The smallest absolute Gasteiger partial charge is 0.150 e. The minimum Gasteiger partial charge on any atom is -0.382 e. The monoisotopic (exact) mass is 504 g/mol. The average Bonchev–Trinajstić information content (AvgIpc) is 3.44. The third-order valence-corrected chi connectivity index (χ3v) is 9.71. The summed E-state index contributed by atoms with van der Waals surface area (Å²) in [6.07, 6.45) is 5.76. The summed E-state index contributed by atoms with van der Waals surface area (Å²) in [5, 5.41) is 17.0. The van der Waals surface area contributed by atoms with Crippen molar-refractivity contribution >= 4 is 21.6 Å². The van der Waals surface area contributed by atoms with Gasteiger partial charge in [-0.2, -0.15) is 0 Å². The zero-order valence-electron chi connectivity index (χ0n) is 20.2. The number of aryl methyl sites for hydroxylation is 1. The number of thiazole rings is 1. The van der Waals surface area contributed by atoms with E-state index in [9.17, 15) is 9.50 Å². The van der Waals surface area contributed by atoms with Crippen molar-refractivity contribution < 1.29 is 18.8 Å². The zero-order chi connectivity index (χ0) is 24.4. The van der Waals surface area contributed by atoms with E-state index in [4.69, 9.17) is 9.26 Å². The van der Waals surface area contributed by atoms with Gasteiger partial charge >= 0.3 is 0 Å². The quantitative estimate of drug-likeness (QED) is 0.310. The van der Waals surface area contributed by atoms with Crippen LogP contribution in [-0.2, 0) is 16.9 Å². The van der Waals surface area contributed by atoms with Gasteiger partial charge in [0.25, 0.3) is 0 Å².